The molecule has 1 aliphatic carbocycles. The maximum absolute atomic E-state index is 2.58. The average Bonchev–Trinajstić information content (AvgIpc) is 3.29. The lowest BCUT2D eigenvalue weighted by Gasteiger charge is -2.42. The second-order valence-electron chi connectivity index (χ2n) is 7.32. The molecule has 0 amide bonds. The molecule has 3 aliphatic rings. The van der Waals surface area contributed by atoms with E-state index in [-0.39, 0.29) is 4.33 Å². The molecule has 0 fully saturated rings. The van der Waals surface area contributed by atoms with E-state index in [0.717, 1.165) is 12.8 Å². The van der Waals surface area contributed by atoms with E-state index in [1.54, 1.807) is 0 Å². The highest BCUT2D eigenvalue weighted by molar-refractivity contribution is 8.21. The number of benzene rings is 3. The molecule has 0 bridgehead atoms. The Hall–Kier alpha value is -2.56. The molecule has 142 valence electrons. The van der Waals surface area contributed by atoms with Gasteiger partial charge in [0.25, 0.3) is 0 Å². The number of rotatable bonds is 2. The summed E-state index contributed by atoms with van der Waals surface area (Å²) in [5.74, 6) is 0. The molecule has 3 aromatic carbocycles. The van der Waals surface area contributed by atoms with Crippen molar-refractivity contribution < 1.29 is 0 Å². The van der Waals surface area contributed by atoms with E-state index in [4.69, 9.17) is 0 Å². The first kappa shape index (κ1) is 17.3. The minimum atomic E-state index is -0.300. The van der Waals surface area contributed by atoms with Gasteiger partial charge in [-0.3, -0.25) is 4.90 Å². The smallest absolute Gasteiger partial charge is 0.229 e. The quantitative estimate of drug-likeness (QED) is 0.433. The fourth-order valence-corrected chi connectivity index (χ4v) is 7.71. The fourth-order valence-electron chi connectivity index (χ4n) is 4.35. The van der Waals surface area contributed by atoms with E-state index in [1.807, 2.05) is 23.5 Å². The van der Waals surface area contributed by atoms with Crippen LogP contribution in [-0.2, 0) is 0 Å². The van der Waals surface area contributed by atoms with Crippen molar-refractivity contribution in [3.8, 4) is 0 Å². The molecule has 0 radical (unpaired) electrons. The third kappa shape index (κ3) is 2.59. The topological polar surface area (TPSA) is 6.48 Å². The molecule has 0 saturated carbocycles. The second kappa shape index (κ2) is 6.75. The van der Waals surface area contributed by atoms with Crippen LogP contribution in [0.2, 0.25) is 0 Å². The zero-order valence-corrected chi connectivity index (χ0v) is 17.5. The third-order valence-corrected chi connectivity index (χ3v) is 8.60. The Kier molecular flexibility index (Phi) is 4.03. The molecule has 2 nitrogen and oxygen atoms in total. The van der Waals surface area contributed by atoms with Gasteiger partial charge in [-0.2, -0.15) is 0 Å². The molecule has 0 atom stereocenters. The normalized spacial score (nSPS) is 18.7. The molecule has 6 rings (SSSR count). The van der Waals surface area contributed by atoms with Gasteiger partial charge in [-0.05, 0) is 55.3 Å². The Morgan fingerprint density at radius 3 is 1.97 bits per heavy atom. The molecule has 0 N–H and O–H groups in total. The van der Waals surface area contributed by atoms with Gasteiger partial charge >= 0.3 is 0 Å². The van der Waals surface area contributed by atoms with Gasteiger partial charge in [0, 0.05) is 21.2 Å². The number of hydrogen-bond donors (Lipinski definition) is 0. The van der Waals surface area contributed by atoms with E-state index in [2.05, 4.69) is 107 Å². The summed E-state index contributed by atoms with van der Waals surface area (Å²) in [6.07, 6.45) is 8.91. The summed E-state index contributed by atoms with van der Waals surface area (Å²) < 4.78 is -0.300. The van der Waals surface area contributed by atoms with Crippen LogP contribution < -0.4 is 9.80 Å². The van der Waals surface area contributed by atoms with Crippen LogP contribution >= 0.6 is 23.5 Å². The van der Waals surface area contributed by atoms with Crippen molar-refractivity contribution >= 4 is 40.6 Å². The SMILES string of the molecule is C1=CCCC(N2c3ccccc3N(c3ccccc3)C23Sc2ccccc2S3)=C1. The van der Waals surface area contributed by atoms with Crippen molar-refractivity contribution in [2.75, 3.05) is 9.80 Å². The Morgan fingerprint density at radius 2 is 1.31 bits per heavy atom. The first-order chi connectivity index (χ1) is 14.4. The fraction of sp³-hybridized carbons (Fsp3) is 0.120. The van der Waals surface area contributed by atoms with Crippen molar-refractivity contribution in [1.82, 2.24) is 0 Å². The number of fused-ring (bicyclic) bond motifs is 2. The van der Waals surface area contributed by atoms with E-state index in [9.17, 15) is 0 Å². The number of anilines is 3. The Labute approximate surface area is 179 Å². The van der Waals surface area contributed by atoms with Crippen LogP contribution in [0.15, 0.2) is 113 Å². The summed E-state index contributed by atoms with van der Waals surface area (Å²) in [5.41, 5.74) is 5.15. The first-order valence-electron chi connectivity index (χ1n) is 9.94. The molecule has 3 aromatic rings. The van der Waals surface area contributed by atoms with E-state index in [1.165, 1.54) is 32.6 Å². The molecule has 2 heterocycles. The van der Waals surface area contributed by atoms with Gasteiger partial charge in [0.15, 0.2) is 0 Å². The lowest BCUT2D eigenvalue weighted by Crippen LogP contribution is -2.48. The first-order valence-corrected chi connectivity index (χ1v) is 11.6. The molecule has 0 saturated heterocycles. The zero-order chi connectivity index (χ0) is 19.3. The molecule has 1 spiro atoms. The summed E-state index contributed by atoms with van der Waals surface area (Å²) >= 11 is 3.91. The largest absolute Gasteiger partial charge is 0.301 e. The van der Waals surface area contributed by atoms with E-state index < -0.39 is 0 Å². The maximum Gasteiger partial charge on any atom is 0.229 e. The van der Waals surface area contributed by atoms with Gasteiger partial charge in [0.2, 0.25) is 4.33 Å². The molecule has 4 heteroatoms. The number of nitrogens with zero attached hydrogens (tertiary/aromatic N) is 2. The van der Waals surface area contributed by atoms with Crippen molar-refractivity contribution in [3.63, 3.8) is 0 Å². The van der Waals surface area contributed by atoms with Crippen LogP contribution in [0.25, 0.3) is 0 Å². The van der Waals surface area contributed by atoms with Gasteiger partial charge in [0.05, 0.1) is 11.4 Å². The molecular weight excluding hydrogens is 392 g/mol. The third-order valence-electron chi connectivity index (χ3n) is 5.56. The van der Waals surface area contributed by atoms with Gasteiger partial charge < -0.3 is 4.90 Å². The monoisotopic (exact) mass is 412 g/mol. The zero-order valence-electron chi connectivity index (χ0n) is 15.9. The predicted octanol–water partition coefficient (Wildman–Crippen LogP) is 7.39. The average molecular weight is 413 g/mol. The van der Waals surface area contributed by atoms with Gasteiger partial charge in [-0.25, -0.2) is 0 Å². The van der Waals surface area contributed by atoms with Gasteiger partial charge in [-0.1, -0.05) is 78.1 Å². The predicted molar refractivity (Wildman–Crippen MR) is 125 cm³/mol. The highest BCUT2D eigenvalue weighted by Crippen LogP contribution is 2.67. The molecular formula is C25H20N2S2. The minimum absolute atomic E-state index is 0.300. The van der Waals surface area contributed by atoms with E-state index >= 15 is 0 Å². The molecule has 0 aromatic heterocycles. The van der Waals surface area contributed by atoms with Crippen molar-refractivity contribution in [1.29, 1.82) is 0 Å². The van der Waals surface area contributed by atoms with E-state index in [0.29, 0.717) is 0 Å². The lowest BCUT2D eigenvalue weighted by molar-refractivity contribution is 0.781. The van der Waals surface area contributed by atoms with Crippen molar-refractivity contribution in [3.05, 3.63) is 103 Å². The summed E-state index contributed by atoms with van der Waals surface area (Å²) in [5, 5.41) is 0. The van der Waals surface area contributed by atoms with Crippen LogP contribution in [0.1, 0.15) is 12.8 Å². The Bertz CT molecular complexity index is 1110. The lowest BCUT2D eigenvalue weighted by atomic mass is 10.1. The highest BCUT2D eigenvalue weighted by atomic mass is 32.2. The summed E-state index contributed by atoms with van der Waals surface area (Å²) in [6.45, 7) is 0. The summed E-state index contributed by atoms with van der Waals surface area (Å²) in [7, 11) is 0. The van der Waals surface area contributed by atoms with Crippen LogP contribution in [0.3, 0.4) is 0 Å². The number of allylic oxidation sites excluding steroid dienone is 4. The minimum Gasteiger partial charge on any atom is -0.301 e. The second-order valence-corrected chi connectivity index (χ2v) is 10.0. The maximum atomic E-state index is 2.58. The van der Waals surface area contributed by atoms with Gasteiger partial charge in [-0.15, -0.1) is 0 Å². The molecule has 2 aliphatic heterocycles. The number of para-hydroxylation sites is 3. The van der Waals surface area contributed by atoms with Crippen molar-refractivity contribution in [2.24, 2.45) is 0 Å². The highest BCUT2D eigenvalue weighted by Gasteiger charge is 2.56. The Morgan fingerprint density at radius 1 is 0.690 bits per heavy atom. The summed E-state index contributed by atoms with van der Waals surface area (Å²) in [4.78, 5) is 7.80. The van der Waals surface area contributed by atoms with Crippen LogP contribution in [0, 0.1) is 0 Å². The van der Waals surface area contributed by atoms with Crippen LogP contribution in [0.5, 0.6) is 0 Å². The Balaban J connectivity index is 1.61. The van der Waals surface area contributed by atoms with Crippen molar-refractivity contribution in [2.45, 2.75) is 27.0 Å². The molecule has 0 unspecified atom stereocenters. The summed E-state index contributed by atoms with van der Waals surface area (Å²) in [6, 6.07) is 28.4. The number of hydrogen-bond acceptors (Lipinski definition) is 4. The van der Waals surface area contributed by atoms with Crippen LogP contribution in [0.4, 0.5) is 17.1 Å². The molecule has 29 heavy (non-hydrogen) atoms. The van der Waals surface area contributed by atoms with Crippen LogP contribution in [-0.4, -0.2) is 4.33 Å². The van der Waals surface area contributed by atoms with Gasteiger partial charge in [0.1, 0.15) is 0 Å². The number of thioether (sulfide) groups is 2. The standard InChI is InChI=1S/C25H20N2S2/c1-3-11-19(12-4-1)26-21-15-7-8-16-22(21)27(20-13-5-2-6-14-20)25(26)28-23-17-9-10-18-24(23)29-25/h1-5,7-13,15-18H,6,14H2.